The van der Waals surface area contributed by atoms with Gasteiger partial charge in [0.1, 0.15) is 0 Å². The molecule has 0 spiro atoms. The average molecular weight is 59.1 g/mol. The molecule has 0 heterocycles. The van der Waals surface area contributed by atoms with Crippen molar-refractivity contribution in [1.29, 1.82) is 0 Å². The molecule has 0 N–H and O–H groups in total. The molecule has 0 aliphatic heterocycles. The molecule has 26 valence electrons. The highest BCUT2D eigenvalue weighted by molar-refractivity contribution is 5.22. The summed E-state index contributed by atoms with van der Waals surface area (Å²) in [7, 11) is 1.64. The molecule has 1 nitrogen and oxygen atoms in total. The van der Waals surface area contributed by atoms with Crippen LogP contribution in [0.2, 0.25) is 0 Å². The molecule has 0 bridgehead atoms. The van der Waals surface area contributed by atoms with E-state index < -0.39 is 0 Å². The quantitative estimate of drug-likeness (QED) is 0.368. The first-order chi connectivity index (χ1) is 1.41. The summed E-state index contributed by atoms with van der Waals surface area (Å²) in [5.74, 6) is 0. The Kier molecular flexibility index (Phi) is 38.9. The third-order valence-corrected chi connectivity index (χ3v) is 0. The molecule has 0 atom stereocenters. The molecule has 0 rings (SSSR count). The van der Waals surface area contributed by atoms with Gasteiger partial charge in [-0.05, 0) is 6.72 Å². The summed E-state index contributed by atoms with van der Waals surface area (Å²) in [5.41, 5.74) is 0. The van der Waals surface area contributed by atoms with Crippen molar-refractivity contribution in [1.82, 2.24) is 0 Å². The summed E-state index contributed by atoms with van der Waals surface area (Å²) in [5, 5.41) is 0. The van der Waals surface area contributed by atoms with Crippen LogP contribution in [0.25, 0.3) is 0 Å². The minimum atomic E-state index is 0. The van der Waals surface area contributed by atoms with Crippen molar-refractivity contribution in [2.24, 2.45) is 4.99 Å². The molecular weight excluding hydrogens is 50.0 g/mol. The standard InChI is InChI=1S/C2H5N.CH4/c1-3-2;/h1H2,2H3;1H4. The van der Waals surface area contributed by atoms with Crippen molar-refractivity contribution in [2.75, 3.05) is 7.05 Å². The Morgan fingerprint density at radius 1 is 1.75 bits per heavy atom. The first kappa shape index (κ1) is 9.38. The second-order valence-electron chi connectivity index (χ2n) is 0.316. The zero-order valence-electron chi connectivity index (χ0n) is 2.15. The van der Waals surface area contributed by atoms with Crippen LogP contribution in [0, 0.1) is 0 Å². The summed E-state index contributed by atoms with van der Waals surface area (Å²) in [6.07, 6.45) is 0. The maximum Gasteiger partial charge on any atom is 0.0269 e. The van der Waals surface area contributed by atoms with Crippen LogP contribution in [0.5, 0.6) is 0 Å². The largest absolute Gasteiger partial charge is 0.304 e. The molecule has 0 saturated heterocycles. The Hall–Kier alpha value is -0.330. The van der Waals surface area contributed by atoms with Gasteiger partial charge in [0.2, 0.25) is 0 Å². The maximum absolute atomic E-state index is 3.25. The molecule has 0 aromatic heterocycles. The van der Waals surface area contributed by atoms with Gasteiger partial charge in [0.25, 0.3) is 0 Å². The van der Waals surface area contributed by atoms with Gasteiger partial charge in [-0.25, -0.2) is 0 Å². The van der Waals surface area contributed by atoms with E-state index in [-0.39, 0.29) is 7.43 Å². The Morgan fingerprint density at radius 3 is 1.75 bits per heavy atom. The third kappa shape index (κ3) is 6.88. The fourth-order valence-electron chi connectivity index (χ4n) is 0. The van der Waals surface area contributed by atoms with Crippen molar-refractivity contribution in [2.45, 2.75) is 7.43 Å². The van der Waals surface area contributed by atoms with E-state index >= 15 is 0 Å². The van der Waals surface area contributed by atoms with Gasteiger partial charge in [0.15, 0.2) is 0 Å². The van der Waals surface area contributed by atoms with Crippen LogP contribution in [0.15, 0.2) is 4.99 Å². The van der Waals surface area contributed by atoms with Crippen LogP contribution in [0.3, 0.4) is 0 Å². The molecule has 0 aromatic carbocycles. The van der Waals surface area contributed by atoms with Gasteiger partial charge < -0.3 is 4.99 Å². The predicted molar refractivity (Wildman–Crippen MR) is 22.2 cm³/mol. The first-order valence-corrected chi connectivity index (χ1v) is 0.763. The lowest BCUT2D eigenvalue weighted by molar-refractivity contribution is 1.49. The summed E-state index contributed by atoms with van der Waals surface area (Å²) < 4.78 is 0. The van der Waals surface area contributed by atoms with Crippen molar-refractivity contribution in [3.8, 4) is 0 Å². The topological polar surface area (TPSA) is 12.4 Å². The Morgan fingerprint density at radius 2 is 1.75 bits per heavy atom. The molecule has 1 heteroatoms. The molecule has 0 radical (unpaired) electrons. The van der Waals surface area contributed by atoms with Crippen LogP contribution >= 0.6 is 0 Å². The van der Waals surface area contributed by atoms with Crippen molar-refractivity contribution < 1.29 is 0 Å². The van der Waals surface area contributed by atoms with E-state index in [0.717, 1.165) is 0 Å². The number of hydrogen-bond donors (Lipinski definition) is 0. The van der Waals surface area contributed by atoms with Crippen LogP contribution in [-0.2, 0) is 0 Å². The van der Waals surface area contributed by atoms with Gasteiger partial charge in [-0.1, -0.05) is 7.43 Å². The summed E-state index contributed by atoms with van der Waals surface area (Å²) >= 11 is 0. The lowest BCUT2D eigenvalue weighted by Crippen LogP contribution is -1.26. The highest BCUT2D eigenvalue weighted by Gasteiger charge is 1.09. The number of hydrogen-bond acceptors (Lipinski definition) is 1. The molecule has 0 unspecified atom stereocenters. The molecular formula is C3H9N. The van der Waals surface area contributed by atoms with Gasteiger partial charge >= 0.3 is 0 Å². The van der Waals surface area contributed by atoms with Crippen molar-refractivity contribution >= 4 is 6.72 Å². The van der Waals surface area contributed by atoms with E-state index in [0.29, 0.717) is 0 Å². The lowest BCUT2D eigenvalue weighted by atomic mass is 11.4. The second-order valence-corrected chi connectivity index (χ2v) is 0.316. The smallest absolute Gasteiger partial charge is 0.0269 e. The van der Waals surface area contributed by atoms with Crippen LogP contribution in [0.4, 0.5) is 0 Å². The Labute approximate surface area is 27.4 Å². The fraction of sp³-hybridized carbons (Fsp3) is 0.667. The summed E-state index contributed by atoms with van der Waals surface area (Å²) in [4.78, 5) is 3.25. The Balaban J connectivity index is 0. The van der Waals surface area contributed by atoms with Gasteiger partial charge in [0.05, 0.1) is 0 Å². The normalized spacial score (nSPS) is 3.25. The Bertz CT molecular complexity index is 10.8. The van der Waals surface area contributed by atoms with E-state index in [1.54, 1.807) is 7.05 Å². The lowest BCUT2D eigenvalue weighted by Gasteiger charge is -1.38. The highest BCUT2D eigenvalue weighted by Crippen LogP contribution is 1.22. The van der Waals surface area contributed by atoms with Crippen LogP contribution in [-0.4, -0.2) is 13.8 Å². The van der Waals surface area contributed by atoms with E-state index in [1.807, 2.05) is 0 Å². The zero-order chi connectivity index (χ0) is 2.71. The summed E-state index contributed by atoms with van der Waals surface area (Å²) in [6.45, 7) is 3.11. The van der Waals surface area contributed by atoms with Gasteiger partial charge in [-0.15, -0.1) is 0 Å². The molecule has 0 saturated carbocycles. The predicted octanol–water partition coefficient (Wildman–Crippen LogP) is 0.953. The van der Waals surface area contributed by atoms with E-state index in [2.05, 4.69) is 11.7 Å². The van der Waals surface area contributed by atoms with Gasteiger partial charge in [0, 0.05) is 7.05 Å². The molecule has 0 aliphatic rings. The minimum Gasteiger partial charge on any atom is -0.304 e. The molecule has 0 aromatic rings. The second kappa shape index (κ2) is 16.6. The molecule has 0 aliphatic carbocycles. The SMILES string of the molecule is C.C=NC. The van der Waals surface area contributed by atoms with E-state index in [4.69, 9.17) is 0 Å². The minimum absolute atomic E-state index is 0. The zero-order valence-corrected chi connectivity index (χ0v) is 2.15. The number of rotatable bonds is 0. The van der Waals surface area contributed by atoms with E-state index in [1.165, 1.54) is 0 Å². The summed E-state index contributed by atoms with van der Waals surface area (Å²) in [6, 6.07) is 0. The number of nitrogens with zero attached hydrogens (tertiary/aromatic N) is 1. The fourth-order valence-corrected chi connectivity index (χ4v) is 0. The van der Waals surface area contributed by atoms with E-state index in [9.17, 15) is 0 Å². The van der Waals surface area contributed by atoms with Crippen LogP contribution in [0.1, 0.15) is 7.43 Å². The van der Waals surface area contributed by atoms with Crippen molar-refractivity contribution in [3.05, 3.63) is 0 Å². The monoisotopic (exact) mass is 59.1 g/mol. The van der Waals surface area contributed by atoms with Crippen molar-refractivity contribution in [3.63, 3.8) is 0 Å². The van der Waals surface area contributed by atoms with Gasteiger partial charge in [-0.2, -0.15) is 0 Å². The maximum atomic E-state index is 3.25. The molecule has 4 heavy (non-hydrogen) atoms. The highest BCUT2D eigenvalue weighted by atomic mass is 14.6. The molecule has 0 fully saturated rings. The third-order valence-electron chi connectivity index (χ3n) is 0. The average Bonchev–Trinajstić information content (AvgIpc) is 0.918. The molecule has 0 amide bonds. The van der Waals surface area contributed by atoms with Gasteiger partial charge in [-0.3, -0.25) is 0 Å². The van der Waals surface area contributed by atoms with Crippen LogP contribution < -0.4 is 0 Å². The first-order valence-electron chi connectivity index (χ1n) is 0.763. The number of aliphatic imine (C=N–C) groups is 1.